The minimum Gasteiger partial charge on any atom is -0.497 e. The number of fused-ring (bicyclic) bond motifs is 1. The Bertz CT molecular complexity index is 829. The quantitative estimate of drug-likeness (QED) is 0.805. The van der Waals surface area contributed by atoms with Crippen LogP contribution in [0.15, 0.2) is 48.8 Å². The highest BCUT2D eigenvalue weighted by atomic mass is 35.5. The minimum atomic E-state index is -0.172. The molecule has 0 spiro atoms. The third-order valence-corrected chi connectivity index (χ3v) is 3.47. The van der Waals surface area contributed by atoms with Crippen molar-refractivity contribution in [1.29, 1.82) is 0 Å². The van der Waals surface area contributed by atoms with E-state index in [1.807, 2.05) is 16.8 Å². The highest BCUT2D eigenvalue weighted by molar-refractivity contribution is 6.30. The first kappa shape index (κ1) is 14.4. The van der Waals surface area contributed by atoms with Crippen LogP contribution in [-0.4, -0.2) is 22.4 Å². The number of hydrogen-bond acceptors (Lipinski definition) is 3. The van der Waals surface area contributed by atoms with Crippen LogP contribution in [0.2, 0.25) is 5.02 Å². The van der Waals surface area contributed by atoms with E-state index in [1.165, 1.54) is 0 Å². The van der Waals surface area contributed by atoms with E-state index in [1.54, 1.807) is 43.5 Å². The number of rotatable bonds is 4. The van der Waals surface area contributed by atoms with Crippen LogP contribution in [0.1, 0.15) is 16.1 Å². The topological polar surface area (TPSA) is 55.6 Å². The largest absolute Gasteiger partial charge is 0.497 e. The lowest BCUT2D eigenvalue weighted by molar-refractivity contribution is 0.0950. The van der Waals surface area contributed by atoms with Crippen molar-refractivity contribution < 1.29 is 9.53 Å². The Kier molecular flexibility index (Phi) is 3.98. The van der Waals surface area contributed by atoms with Gasteiger partial charge in [0.2, 0.25) is 0 Å². The van der Waals surface area contributed by atoms with Crippen molar-refractivity contribution >= 4 is 23.2 Å². The third kappa shape index (κ3) is 3.04. The summed E-state index contributed by atoms with van der Waals surface area (Å²) >= 11 is 5.93. The van der Waals surface area contributed by atoms with Crippen LogP contribution in [0.3, 0.4) is 0 Å². The molecule has 0 aliphatic carbocycles. The van der Waals surface area contributed by atoms with Gasteiger partial charge in [0.05, 0.1) is 19.3 Å². The first-order valence-electron chi connectivity index (χ1n) is 6.71. The molecule has 1 amide bonds. The zero-order valence-corrected chi connectivity index (χ0v) is 12.7. The molecule has 0 bridgehead atoms. The normalized spacial score (nSPS) is 10.6. The van der Waals surface area contributed by atoms with Gasteiger partial charge in [-0.2, -0.15) is 0 Å². The van der Waals surface area contributed by atoms with Gasteiger partial charge >= 0.3 is 0 Å². The SMILES string of the molecule is COc1cccc(C(=O)NCc2cn3ccc(Cl)cc3n2)c1. The molecule has 0 aliphatic rings. The van der Waals surface area contributed by atoms with Gasteiger partial charge in [-0.25, -0.2) is 4.98 Å². The summed E-state index contributed by atoms with van der Waals surface area (Å²) in [6.45, 7) is 0.343. The molecule has 0 saturated heterocycles. The molecule has 0 unspecified atom stereocenters. The van der Waals surface area contributed by atoms with E-state index >= 15 is 0 Å². The molecule has 0 saturated carbocycles. The molecule has 5 nitrogen and oxygen atoms in total. The number of carbonyl (C=O) groups excluding carboxylic acids is 1. The van der Waals surface area contributed by atoms with Crippen LogP contribution in [0.25, 0.3) is 5.65 Å². The van der Waals surface area contributed by atoms with Crippen molar-refractivity contribution in [2.75, 3.05) is 7.11 Å². The highest BCUT2D eigenvalue weighted by Gasteiger charge is 2.08. The summed E-state index contributed by atoms with van der Waals surface area (Å²) in [6, 6.07) is 10.6. The van der Waals surface area contributed by atoms with E-state index in [0.717, 1.165) is 11.3 Å². The van der Waals surface area contributed by atoms with Gasteiger partial charge in [0, 0.05) is 23.0 Å². The number of nitrogens with zero attached hydrogens (tertiary/aromatic N) is 2. The molecule has 112 valence electrons. The maximum absolute atomic E-state index is 12.1. The molecule has 2 aromatic heterocycles. The fourth-order valence-electron chi connectivity index (χ4n) is 2.13. The lowest BCUT2D eigenvalue weighted by Crippen LogP contribution is -2.22. The van der Waals surface area contributed by atoms with Gasteiger partial charge in [0.15, 0.2) is 0 Å². The van der Waals surface area contributed by atoms with Crippen molar-refractivity contribution in [3.8, 4) is 5.75 Å². The van der Waals surface area contributed by atoms with Crippen LogP contribution in [-0.2, 0) is 6.54 Å². The fraction of sp³-hybridized carbons (Fsp3) is 0.125. The smallest absolute Gasteiger partial charge is 0.251 e. The predicted octanol–water partition coefficient (Wildman–Crippen LogP) is 2.93. The zero-order chi connectivity index (χ0) is 15.5. The Balaban J connectivity index is 1.71. The second kappa shape index (κ2) is 6.07. The molecule has 0 fully saturated rings. The van der Waals surface area contributed by atoms with Crippen LogP contribution in [0.5, 0.6) is 5.75 Å². The van der Waals surface area contributed by atoms with Crippen molar-refractivity contribution in [2.24, 2.45) is 0 Å². The van der Waals surface area contributed by atoms with Crippen molar-refractivity contribution in [3.05, 3.63) is 65.1 Å². The molecular formula is C16H14ClN3O2. The summed E-state index contributed by atoms with van der Waals surface area (Å²) in [5.74, 6) is 0.476. The fourth-order valence-corrected chi connectivity index (χ4v) is 2.29. The lowest BCUT2D eigenvalue weighted by Gasteiger charge is -2.05. The average Bonchev–Trinajstić information content (AvgIpc) is 2.94. The Morgan fingerprint density at radius 1 is 1.36 bits per heavy atom. The average molecular weight is 316 g/mol. The number of nitrogens with one attached hydrogen (secondary N) is 1. The van der Waals surface area contributed by atoms with Crippen LogP contribution in [0, 0.1) is 0 Å². The van der Waals surface area contributed by atoms with Gasteiger partial charge in [0.25, 0.3) is 5.91 Å². The number of aromatic nitrogens is 2. The number of pyridine rings is 1. The summed E-state index contributed by atoms with van der Waals surface area (Å²) in [5.41, 5.74) is 2.06. The molecule has 2 heterocycles. The number of imidazole rings is 1. The van der Waals surface area contributed by atoms with Gasteiger partial charge in [0.1, 0.15) is 11.4 Å². The highest BCUT2D eigenvalue weighted by Crippen LogP contribution is 2.14. The minimum absolute atomic E-state index is 0.172. The molecule has 0 atom stereocenters. The van der Waals surface area contributed by atoms with Crippen LogP contribution >= 0.6 is 11.6 Å². The molecule has 22 heavy (non-hydrogen) atoms. The number of ether oxygens (including phenoxy) is 1. The number of methoxy groups -OCH3 is 1. The first-order valence-corrected chi connectivity index (χ1v) is 7.09. The summed E-state index contributed by atoms with van der Waals surface area (Å²) in [6.07, 6.45) is 3.69. The Hall–Kier alpha value is -2.53. The second-order valence-corrected chi connectivity index (χ2v) is 5.19. The van der Waals surface area contributed by atoms with E-state index in [-0.39, 0.29) is 5.91 Å². The van der Waals surface area contributed by atoms with Crippen molar-refractivity contribution in [1.82, 2.24) is 14.7 Å². The molecule has 3 aromatic rings. The zero-order valence-electron chi connectivity index (χ0n) is 11.9. The second-order valence-electron chi connectivity index (χ2n) is 4.76. The Labute approximate surface area is 132 Å². The predicted molar refractivity (Wildman–Crippen MR) is 84.4 cm³/mol. The van der Waals surface area contributed by atoms with E-state index in [9.17, 15) is 4.79 Å². The van der Waals surface area contributed by atoms with Crippen LogP contribution in [0.4, 0.5) is 0 Å². The van der Waals surface area contributed by atoms with Crippen LogP contribution < -0.4 is 10.1 Å². The van der Waals surface area contributed by atoms with E-state index in [2.05, 4.69) is 10.3 Å². The standard InChI is InChI=1S/C16H14ClN3O2/c1-22-14-4-2-3-11(7-14)16(21)18-9-13-10-20-6-5-12(17)8-15(20)19-13/h2-8,10H,9H2,1H3,(H,18,21). The molecule has 6 heteroatoms. The van der Waals surface area contributed by atoms with E-state index in [0.29, 0.717) is 22.9 Å². The summed E-state index contributed by atoms with van der Waals surface area (Å²) < 4.78 is 6.97. The van der Waals surface area contributed by atoms with Gasteiger partial charge in [-0.15, -0.1) is 0 Å². The van der Waals surface area contributed by atoms with E-state index in [4.69, 9.17) is 16.3 Å². The number of hydrogen-bond donors (Lipinski definition) is 1. The maximum Gasteiger partial charge on any atom is 0.251 e. The molecule has 3 rings (SSSR count). The third-order valence-electron chi connectivity index (χ3n) is 3.23. The monoisotopic (exact) mass is 315 g/mol. The Morgan fingerprint density at radius 3 is 3.05 bits per heavy atom. The lowest BCUT2D eigenvalue weighted by atomic mass is 10.2. The van der Waals surface area contributed by atoms with Gasteiger partial charge in [-0.3, -0.25) is 4.79 Å². The van der Waals surface area contributed by atoms with Gasteiger partial charge in [-0.05, 0) is 30.3 Å². The summed E-state index contributed by atoms with van der Waals surface area (Å²) in [5, 5.41) is 3.47. The van der Waals surface area contributed by atoms with Gasteiger partial charge in [-0.1, -0.05) is 17.7 Å². The Morgan fingerprint density at radius 2 is 2.23 bits per heavy atom. The summed E-state index contributed by atoms with van der Waals surface area (Å²) in [7, 11) is 1.57. The molecule has 1 N–H and O–H groups in total. The molecule has 1 aromatic carbocycles. The molecule has 0 radical (unpaired) electrons. The number of halogens is 1. The van der Waals surface area contributed by atoms with Gasteiger partial charge < -0.3 is 14.5 Å². The first-order chi connectivity index (χ1) is 10.7. The van der Waals surface area contributed by atoms with Crippen molar-refractivity contribution in [3.63, 3.8) is 0 Å². The van der Waals surface area contributed by atoms with E-state index < -0.39 is 0 Å². The number of carbonyl (C=O) groups is 1. The van der Waals surface area contributed by atoms with Crippen molar-refractivity contribution in [2.45, 2.75) is 6.54 Å². The summed E-state index contributed by atoms with van der Waals surface area (Å²) in [4.78, 5) is 16.5. The number of amides is 1. The number of benzene rings is 1. The molecule has 0 aliphatic heterocycles. The molecular weight excluding hydrogens is 302 g/mol. The maximum atomic E-state index is 12.1.